The molecular formula is C20H33IN6. The van der Waals surface area contributed by atoms with Crippen LogP contribution in [-0.2, 0) is 6.54 Å². The summed E-state index contributed by atoms with van der Waals surface area (Å²) < 4.78 is 1.75. The van der Waals surface area contributed by atoms with Gasteiger partial charge in [0, 0.05) is 12.6 Å². The normalized spacial score (nSPS) is 12.6. The maximum atomic E-state index is 4.72. The van der Waals surface area contributed by atoms with Gasteiger partial charge in [0.15, 0.2) is 5.96 Å². The molecule has 0 saturated heterocycles. The van der Waals surface area contributed by atoms with Crippen LogP contribution in [0.5, 0.6) is 0 Å². The van der Waals surface area contributed by atoms with Crippen LogP contribution in [0.3, 0.4) is 0 Å². The average Bonchev–Trinajstić information content (AvgIpc) is 3.14. The highest BCUT2D eigenvalue weighted by molar-refractivity contribution is 14.0. The number of aliphatic imine (C=N–C) groups is 1. The minimum atomic E-state index is 0. The van der Waals surface area contributed by atoms with Crippen LogP contribution in [0.25, 0.3) is 5.69 Å². The number of rotatable bonds is 9. The maximum Gasteiger partial charge on any atom is 0.191 e. The van der Waals surface area contributed by atoms with E-state index in [1.54, 1.807) is 11.0 Å². The molecule has 0 spiro atoms. The standard InChI is InChI=1S/C20H32N6.HI/c1-5-22-20(25-17(4)8-6-7-16(2)3)23-13-18-9-11-19(12-10-18)26-15-21-14-24-26;/h9-12,14-17H,5-8,13H2,1-4H3,(H2,22,23,25);1H. The van der Waals surface area contributed by atoms with Crippen molar-refractivity contribution in [3.05, 3.63) is 42.5 Å². The first-order valence-electron chi connectivity index (χ1n) is 9.57. The van der Waals surface area contributed by atoms with Gasteiger partial charge in [-0.25, -0.2) is 14.7 Å². The van der Waals surface area contributed by atoms with Crippen LogP contribution in [-0.4, -0.2) is 33.3 Å². The van der Waals surface area contributed by atoms with Crippen molar-refractivity contribution in [3.8, 4) is 5.69 Å². The summed E-state index contributed by atoms with van der Waals surface area (Å²) in [4.78, 5) is 8.69. The molecule has 2 N–H and O–H groups in total. The van der Waals surface area contributed by atoms with Crippen molar-refractivity contribution in [2.75, 3.05) is 6.54 Å². The van der Waals surface area contributed by atoms with Crippen molar-refractivity contribution in [1.29, 1.82) is 0 Å². The maximum absolute atomic E-state index is 4.72. The Morgan fingerprint density at radius 1 is 1.15 bits per heavy atom. The molecule has 150 valence electrons. The molecule has 1 unspecified atom stereocenters. The van der Waals surface area contributed by atoms with Crippen molar-refractivity contribution < 1.29 is 0 Å². The van der Waals surface area contributed by atoms with Gasteiger partial charge in [-0.15, -0.1) is 24.0 Å². The zero-order valence-electron chi connectivity index (χ0n) is 16.9. The van der Waals surface area contributed by atoms with Gasteiger partial charge in [0.05, 0.1) is 12.2 Å². The largest absolute Gasteiger partial charge is 0.357 e. The summed E-state index contributed by atoms with van der Waals surface area (Å²) >= 11 is 0. The van der Waals surface area contributed by atoms with E-state index in [-0.39, 0.29) is 24.0 Å². The second-order valence-corrected chi connectivity index (χ2v) is 7.07. The van der Waals surface area contributed by atoms with Gasteiger partial charge in [0.25, 0.3) is 0 Å². The predicted octanol–water partition coefficient (Wildman–Crippen LogP) is 4.16. The summed E-state index contributed by atoms with van der Waals surface area (Å²) in [6.07, 6.45) is 6.91. The number of benzene rings is 1. The zero-order valence-corrected chi connectivity index (χ0v) is 19.2. The Balaban J connectivity index is 0.00000364. The zero-order chi connectivity index (χ0) is 18.8. The molecule has 1 aromatic heterocycles. The first-order valence-corrected chi connectivity index (χ1v) is 9.57. The Morgan fingerprint density at radius 3 is 2.48 bits per heavy atom. The minimum Gasteiger partial charge on any atom is -0.357 e. The Hall–Kier alpha value is -1.64. The molecule has 0 aliphatic heterocycles. The first-order chi connectivity index (χ1) is 12.6. The van der Waals surface area contributed by atoms with Crippen LogP contribution >= 0.6 is 24.0 Å². The Bertz CT molecular complexity index is 652. The topological polar surface area (TPSA) is 67.1 Å². The predicted molar refractivity (Wildman–Crippen MR) is 123 cm³/mol. The summed E-state index contributed by atoms with van der Waals surface area (Å²) in [7, 11) is 0. The lowest BCUT2D eigenvalue weighted by molar-refractivity contribution is 0.491. The smallest absolute Gasteiger partial charge is 0.191 e. The SMILES string of the molecule is CCNC(=NCc1ccc(-n2cncn2)cc1)NC(C)CCCC(C)C.I. The number of hydrogen-bond donors (Lipinski definition) is 2. The van der Waals surface area contributed by atoms with Crippen molar-refractivity contribution in [3.63, 3.8) is 0 Å². The molecule has 0 fully saturated rings. The molecule has 0 bridgehead atoms. The number of halogens is 1. The summed E-state index contributed by atoms with van der Waals surface area (Å²) in [5.74, 6) is 1.65. The van der Waals surface area contributed by atoms with Gasteiger partial charge in [0.2, 0.25) is 0 Å². The molecule has 6 nitrogen and oxygen atoms in total. The fourth-order valence-electron chi connectivity index (χ4n) is 2.72. The van der Waals surface area contributed by atoms with Crippen molar-refractivity contribution in [2.24, 2.45) is 10.9 Å². The molecular weight excluding hydrogens is 451 g/mol. The first kappa shape index (κ1) is 23.4. The van der Waals surface area contributed by atoms with Gasteiger partial charge >= 0.3 is 0 Å². The summed E-state index contributed by atoms with van der Waals surface area (Å²) in [5.41, 5.74) is 2.16. The molecule has 7 heteroatoms. The quantitative estimate of drug-likeness (QED) is 0.319. The lowest BCUT2D eigenvalue weighted by Gasteiger charge is -2.18. The third-order valence-electron chi connectivity index (χ3n) is 4.19. The number of guanidine groups is 1. The van der Waals surface area contributed by atoms with Gasteiger partial charge < -0.3 is 10.6 Å². The van der Waals surface area contributed by atoms with Crippen LogP contribution in [0.2, 0.25) is 0 Å². The summed E-state index contributed by atoms with van der Waals surface area (Å²) in [6.45, 7) is 10.4. The highest BCUT2D eigenvalue weighted by Gasteiger charge is 2.06. The second-order valence-electron chi connectivity index (χ2n) is 7.07. The third kappa shape index (κ3) is 8.73. The van der Waals surface area contributed by atoms with Gasteiger partial charge in [-0.3, -0.25) is 0 Å². The van der Waals surface area contributed by atoms with E-state index in [0.29, 0.717) is 12.6 Å². The van der Waals surface area contributed by atoms with Gasteiger partial charge in [-0.1, -0.05) is 38.8 Å². The van der Waals surface area contributed by atoms with Gasteiger partial charge in [-0.2, -0.15) is 5.10 Å². The van der Waals surface area contributed by atoms with E-state index < -0.39 is 0 Å². The molecule has 2 aromatic rings. The van der Waals surface area contributed by atoms with Crippen molar-refractivity contribution >= 4 is 29.9 Å². The van der Waals surface area contributed by atoms with E-state index in [1.807, 2.05) is 12.1 Å². The molecule has 1 atom stereocenters. The van der Waals surface area contributed by atoms with Crippen LogP contribution in [0.4, 0.5) is 0 Å². The summed E-state index contributed by atoms with van der Waals surface area (Å²) in [6, 6.07) is 8.65. The molecule has 27 heavy (non-hydrogen) atoms. The van der Waals surface area contributed by atoms with E-state index in [2.05, 4.69) is 60.5 Å². The molecule has 0 aliphatic rings. The lowest BCUT2D eigenvalue weighted by atomic mass is 10.0. The van der Waals surface area contributed by atoms with Crippen LogP contribution < -0.4 is 10.6 Å². The highest BCUT2D eigenvalue weighted by atomic mass is 127. The van der Waals surface area contributed by atoms with E-state index >= 15 is 0 Å². The van der Waals surface area contributed by atoms with E-state index in [1.165, 1.54) is 24.7 Å². The molecule has 0 aliphatic carbocycles. The molecule has 1 aromatic carbocycles. The lowest BCUT2D eigenvalue weighted by Crippen LogP contribution is -2.42. The van der Waals surface area contributed by atoms with Gasteiger partial charge in [-0.05, 0) is 43.9 Å². The van der Waals surface area contributed by atoms with Crippen LogP contribution in [0.15, 0.2) is 41.9 Å². The molecule has 2 rings (SSSR count). The fourth-order valence-corrected chi connectivity index (χ4v) is 2.72. The molecule has 1 heterocycles. The molecule has 0 saturated carbocycles. The molecule has 0 amide bonds. The Kier molecular flexibility index (Phi) is 11.0. The Labute approximate surface area is 180 Å². The Morgan fingerprint density at radius 2 is 1.89 bits per heavy atom. The monoisotopic (exact) mass is 484 g/mol. The fraction of sp³-hybridized carbons (Fsp3) is 0.550. The minimum absolute atomic E-state index is 0. The van der Waals surface area contributed by atoms with E-state index in [0.717, 1.165) is 30.5 Å². The van der Waals surface area contributed by atoms with Crippen LogP contribution in [0, 0.1) is 5.92 Å². The van der Waals surface area contributed by atoms with Crippen molar-refractivity contribution in [1.82, 2.24) is 25.4 Å². The number of hydrogen-bond acceptors (Lipinski definition) is 3. The second kappa shape index (κ2) is 12.7. The third-order valence-corrected chi connectivity index (χ3v) is 4.19. The number of aromatic nitrogens is 3. The van der Waals surface area contributed by atoms with E-state index in [9.17, 15) is 0 Å². The molecule has 0 radical (unpaired) electrons. The van der Waals surface area contributed by atoms with Crippen molar-refractivity contribution in [2.45, 2.75) is 59.5 Å². The average molecular weight is 484 g/mol. The van der Waals surface area contributed by atoms with Crippen LogP contribution in [0.1, 0.15) is 52.5 Å². The number of nitrogens with zero attached hydrogens (tertiary/aromatic N) is 4. The highest BCUT2D eigenvalue weighted by Crippen LogP contribution is 2.10. The number of nitrogens with one attached hydrogen (secondary N) is 2. The van der Waals surface area contributed by atoms with Gasteiger partial charge in [0.1, 0.15) is 12.7 Å². The van der Waals surface area contributed by atoms with E-state index in [4.69, 9.17) is 4.99 Å². The summed E-state index contributed by atoms with van der Waals surface area (Å²) in [5, 5.41) is 11.0.